The van der Waals surface area contributed by atoms with Gasteiger partial charge in [0.15, 0.2) is 0 Å². The van der Waals surface area contributed by atoms with Crippen LogP contribution in [0.4, 0.5) is 5.69 Å². The monoisotopic (exact) mass is 332 g/mol. The van der Waals surface area contributed by atoms with E-state index in [2.05, 4.69) is 21.2 Å². The van der Waals surface area contributed by atoms with Crippen LogP contribution >= 0.6 is 15.9 Å². The van der Waals surface area contributed by atoms with Crippen molar-refractivity contribution in [2.75, 3.05) is 12.4 Å². The molecule has 0 aliphatic carbocycles. The fourth-order valence-electron chi connectivity index (χ4n) is 2.35. The lowest BCUT2D eigenvalue weighted by Gasteiger charge is -2.35. The summed E-state index contributed by atoms with van der Waals surface area (Å²) in [6.07, 6.45) is -0.255. The van der Waals surface area contributed by atoms with Gasteiger partial charge < -0.3 is 15.3 Å². The molecule has 1 aliphatic rings. The fourth-order valence-corrected chi connectivity index (χ4v) is 2.74. The van der Waals surface area contributed by atoms with Crippen molar-refractivity contribution in [2.45, 2.75) is 6.17 Å². The van der Waals surface area contributed by atoms with Crippen molar-refractivity contribution < 1.29 is 9.90 Å². The van der Waals surface area contributed by atoms with E-state index in [1.54, 1.807) is 24.1 Å². The Balaban J connectivity index is 2.03. The number of para-hydroxylation sites is 1. The van der Waals surface area contributed by atoms with E-state index in [4.69, 9.17) is 0 Å². The van der Waals surface area contributed by atoms with Gasteiger partial charge in [-0.1, -0.05) is 18.2 Å². The number of carbonyl (C=O) groups is 1. The molecule has 0 saturated carbocycles. The normalized spacial score (nSPS) is 17.6. The van der Waals surface area contributed by atoms with Gasteiger partial charge in [0.1, 0.15) is 11.9 Å². The van der Waals surface area contributed by atoms with Crippen LogP contribution in [0.25, 0.3) is 0 Å². The third kappa shape index (κ3) is 2.04. The molecule has 2 aromatic carbocycles. The second-order valence-corrected chi connectivity index (χ2v) is 5.57. The Morgan fingerprint density at radius 3 is 2.75 bits per heavy atom. The molecule has 1 aliphatic heterocycles. The van der Waals surface area contributed by atoms with Gasteiger partial charge in [-0.2, -0.15) is 0 Å². The number of rotatable bonds is 1. The molecular formula is C15H13BrN2O2. The van der Waals surface area contributed by atoms with E-state index < -0.39 is 0 Å². The summed E-state index contributed by atoms with van der Waals surface area (Å²) in [7, 11) is 1.76. The maximum atomic E-state index is 12.4. The van der Waals surface area contributed by atoms with Crippen LogP contribution in [0.5, 0.6) is 5.75 Å². The fraction of sp³-hybridized carbons (Fsp3) is 0.133. The lowest BCUT2D eigenvalue weighted by atomic mass is 10.0. The van der Waals surface area contributed by atoms with E-state index in [0.29, 0.717) is 10.0 Å². The van der Waals surface area contributed by atoms with Crippen LogP contribution in [-0.4, -0.2) is 23.0 Å². The van der Waals surface area contributed by atoms with Gasteiger partial charge in [0.2, 0.25) is 0 Å². The molecule has 20 heavy (non-hydrogen) atoms. The molecule has 4 nitrogen and oxygen atoms in total. The van der Waals surface area contributed by atoms with Gasteiger partial charge in [0, 0.05) is 12.7 Å². The quantitative estimate of drug-likeness (QED) is 0.841. The number of amides is 1. The number of nitrogens with one attached hydrogen (secondary N) is 1. The van der Waals surface area contributed by atoms with Crippen molar-refractivity contribution in [1.29, 1.82) is 0 Å². The van der Waals surface area contributed by atoms with Gasteiger partial charge in [-0.15, -0.1) is 0 Å². The van der Waals surface area contributed by atoms with Gasteiger partial charge in [0.05, 0.1) is 10.0 Å². The zero-order valence-electron chi connectivity index (χ0n) is 10.8. The summed E-state index contributed by atoms with van der Waals surface area (Å²) < 4.78 is 0.608. The number of hydrogen-bond acceptors (Lipinski definition) is 3. The number of phenolic OH excluding ortho intramolecular Hbond substituents is 1. The molecule has 1 atom stereocenters. The van der Waals surface area contributed by atoms with E-state index >= 15 is 0 Å². The second kappa shape index (κ2) is 4.83. The number of fused-ring (bicyclic) bond motifs is 1. The van der Waals surface area contributed by atoms with Gasteiger partial charge >= 0.3 is 0 Å². The summed E-state index contributed by atoms with van der Waals surface area (Å²) in [5.74, 6) is 0.160. The predicted molar refractivity (Wildman–Crippen MR) is 80.7 cm³/mol. The minimum Gasteiger partial charge on any atom is -0.507 e. The standard InChI is InChI=1S/C15H13BrN2O2/c1-18-14(9-6-7-13(19)11(16)8-9)17-12-5-3-2-4-10(12)15(18)20/h2-8,14,17,19H,1H3. The number of benzene rings is 2. The molecule has 1 unspecified atom stereocenters. The number of halogens is 1. The summed E-state index contributed by atoms with van der Waals surface area (Å²) in [6.45, 7) is 0. The molecule has 0 fully saturated rings. The Hall–Kier alpha value is -2.01. The lowest BCUT2D eigenvalue weighted by Crippen LogP contribution is -2.40. The Labute approximate surface area is 125 Å². The SMILES string of the molecule is CN1C(=O)c2ccccc2NC1c1ccc(O)c(Br)c1. The lowest BCUT2D eigenvalue weighted by molar-refractivity contribution is 0.0735. The average molecular weight is 333 g/mol. The molecule has 0 saturated heterocycles. The van der Waals surface area contributed by atoms with Crippen LogP contribution in [0, 0.1) is 0 Å². The van der Waals surface area contributed by atoms with E-state index in [9.17, 15) is 9.90 Å². The van der Waals surface area contributed by atoms with E-state index in [1.807, 2.05) is 30.3 Å². The van der Waals surface area contributed by atoms with Gasteiger partial charge in [0.25, 0.3) is 5.91 Å². The molecule has 5 heteroatoms. The number of aromatic hydroxyl groups is 1. The Morgan fingerprint density at radius 1 is 1.25 bits per heavy atom. The van der Waals surface area contributed by atoms with Crippen LogP contribution in [0.2, 0.25) is 0 Å². The van der Waals surface area contributed by atoms with E-state index in [1.165, 1.54) is 0 Å². The molecule has 0 bridgehead atoms. The largest absolute Gasteiger partial charge is 0.507 e. The number of anilines is 1. The highest BCUT2D eigenvalue weighted by Crippen LogP contribution is 2.34. The molecule has 0 spiro atoms. The molecule has 102 valence electrons. The van der Waals surface area contributed by atoms with Crippen molar-refractivity contribution in [3.8, 4) is 5.75 Å². The maximum absolute atomic E-state index is 12.4. The van der Waals surface area contributed by atoms with Crippen molar-refractivity contribution in [3.05, 3.63) is 58.1 Å². The Kier molecular flexibility index (Phi) is 3.14. The number of hydrogen-bond donors (Lipinski definition) is 2. The topological polar surface area (TPSA) is 52.6 Å². The molecule has 0 radical (unpaired) electrons. The number of phenols is 1. The van der Waals surface area contributed by atoms with E-state index in [-0.39, 0.29) is 17.8 Å². The van der Waals surface area contributed by atoms with Crippen LogP contribution in [0.3, 0.4) is 0 Å². The summed E-state index contributed by atoms with van der Waals surface area (Å²) in [4.78, 5) is 14.0. The smallest absolute Gasteiger partial charge is 0.257 e. The zero-order valence-corrected chi connectivity index (χ0v) is 12.4. The summed E-state index contributed by atoms with van der Waals surface area (Å²) >= 11 is 3.30. The minimum absolute atomic E-state index is 0.0199. The first-order chi connectivity index (χ1) is 9.58. The number of carbonyl (C=O) groups excluding carboxylic acids is 1. The molecule has 2 N–H and O–H groups in total. The third-order valence-electron chi connectivity index (χ3n) is 3.44. The Morgan fingerprint density at radius 2 is 2.00 bits per heavy atom. The van der Waals surface area contributed by atoms with Crippen molar-refractivity contribution in [2.24, 2.45) is 0 Å². The third-order valence-corrected chi connectivity index (χ3v) is 4.08. The average Bonchev–Trinajstić information content (AvgIpc) is 2.46. The summed E-state index contributed by atoms with van der Waals surface area (Å²) in [5, 5.41) is 12.9. The molecule has 1 heterocycles. The Bertz CT molecular complexity index is 687. The van der Waals surface area contributed by atoms with Gasteiger partial charge in [-0.05, 0) is 45.8 Å². The molecule has 0 aromatic heterocycles. The highest BCUT2D eigenvalue weighted by atomic mass is 79.9. The minimum atomic E-state index is -0.255. The molecular weight excluding hydrogens is 320 g/mol. The highest BCUT2D eigenvalue weighted by molar-refractivity contribution is 9.10. The first-order valence-electron chi connectivity index (χ1n) is 6.19. The van der Waals surface area contributed by atoms with Gasteiger partial charge in [-0.3, -0.25) is 4.79 Å². The first kappa shape index (κ1) is 13.0. The number of nitrogens with zero attached hydrogens (tertiary/aromatic N) is 1. The van der Waals surface area contributed by atoms with Crippen molar-refractivity contribution in [3.63, 3.8) is 0 Å². The summed E-state index contributed by atoms with van der Waals surface area (Å²) in [6, 6.07) is 12.7. The molecule has 1 amide bonds. The van der Waals surface area contributed by atoms with Crippen LogP contribution in [0.15, 0.2) is 46.9 Å². The first-order valence-corrected chi connectivity index (χ1v) is 6.98. The van der Waals surface area contributed by atoms with Crippen LogP contribution in [0.1, 0.15) is 22.1 Å². The van der Waals surface area contributed by atoms with Crippen molar-refractivity contribution >= 4 is 27.5 Å². The molecule has 3 rings (SSSR count). The maximum Gasteiger partial charge on any atom is 0.257 e. The summed E-state index contributed by atoms with van der Waals surface area (Å²) in [5.41, 5.74) is 2.40. The van der Waals surface area contributed by atoms with Crippen LogP contribution in [-0.2, 0) is 0 Å². The zero-order chi connectivity index (χ0) is 14.3. The second-order valence-electron chi connectivity index (χ2n) is 4.72. The molecule has 2 aromatic rings. The van der Waals surface area contributed by atoms with Crippen LogP contribution < -0.4 is 5.32 Å². The van der Waals surface area contributed by atoms with E-state index in [0.717, 1.165) is 11.3 Å². The highest BCUT2D eigenvalue weighted by Gasteiger charge is 2.30. The predicted octanol–water partition coefficient (Wildman–Crippen LogP) is 3.35. The van der Waals surface area contributed by atoms with Gasteiger partial charge in [-0.25, -0.2) is 0 Å². The van der Waals surface area contributed by atoms with Crippen molar-refractivity contribution in [1.82, 2.24) is 4.90 Å².